The van der Waals surface area contributed by atoms with Crippen LogP contribution in [0.4, 0.5) is 4.39 Å². The molecule has 10 nitrogen and oxygen atoms in total. The number of aliphatic hydroxyl groups is 1. The minimum absolute atomic E-state index is 0.0836. The van der Waals surface area contributed by atoms with Crippen LogP contribution in [-0.2, 0) is 32.6 Å². The third kappa shape index (κ3) is 5.43. The number of aromatic nitrogens is 2. The molecule has 2 aromatic heterocycles. The van der Waals surface area contributed by atoms with Gasteiger partial charge in [0.1, 0.15) is 11.4 Å². The van der Waals surface area contributed by atoms with Gasteiger partial charge < -0.3 is 15.4 Å². The number of halogens is 1. The second-order valence-electron chi connectivity index (χ2n) is 7.40. The third-order valence-corrected chi connectivity index (χ3v) is 7.17. The molecule has 3 N–H and O–H groups in total. The molecule has 1 unspecified atom stereocenters. The van der Waals surface area contributed by atoms with Crippen LogP contribution < -0.4 is 10.9 Å². The molecule has 0 saturated heterocycles. The van der Waals surface area contributed by atoms with Crippen molar-refractivity contribution >= 4 is 36.6 Å². The summed E-state index contributed by atoms with van der Waals surface area (Å²) in [4.78, 5) is 31.9. The molecular formula is C20H20FN3O7S2. The lowest BCUT2D eigenvalue weighted by Gasteiger charge is -2.15. The molecule has 176 valence electrons. The number of H-pyrrole nitrogens is 1. The molecule has 0 saturated carbocycles. The number of sulfone groups is 2. The average molecular weight is 498 g/mol. The van der Waals surface area contributed by atoms with Crippen molar-refractivity contribution in [1.82, 2.24) is 15.3 Å². The Bertz CT molecular complexity index is 1520. The zero-order chi connectivity index (χ0) is 24.6. The summed E-state index contributed by atoms with van der Waals surface area (Å²) in [7, 11) is -7.74. The van der Waals surface area contributed by atoms with E-state index in [1.165, 1.54) is 24.4 Å². The van der Waals surface area contributed by atoms with E-state index < -0.39 is 54.4 Å². The summed E-state index contributed by atoms with van der Waals surface area (Å²) in [6, 6.07) is 6.05. The van der Waals surface area contributed by atoms with Gasteiger partial charge in [0, 0.05) is 37.2 Å². The first-order valence-electron chi connectivity index (χ1n) is 9.42. The Morgan fingerprint density at radius 3 is 2.55 bits per heavy atom. The minimum atomic E-state index is -3.92. The average Bonchev–Trinajstić information content (AvgIpc) is 2.71. The first kappa shape index (κ1) is 24.5. The van der Waals surface area contributed by atoms with Gasteiger partial charge >= 0.3 is 0 Å². The molecule has 0 spiro atoms. The van der Waals surface area contributed by atoms with Crippen LogP contribution in [0.5, 0.6) is 0 Å². The van der Waals surface area contributed by atoms with Crippen LogP contribution >= 0.6 is 0 Å². The Kier molecular flexibility index (Phi) is 6.68. The number of rotatable bonds is 7. The number of hydrogen-bond acceptors (Lipinski definition) is 8. The highest BCUT2D eigenvalue weighted by Gasteiger charge is 2.26. The van der Waals surface area contributed by atoms with Gasteiger partial charge in [0.15, 0.2) is 25.1 Å². The molecule has 2 heterocycles. The summed E-state index contributed by atoms with van der Waals surface area (Å²) in [5, 5.41) is 12.5. The number of nitrogens with zero attached hydrogens (tertiary/aromatic N) is 1. The minimum Gasteiger partial charge on any atom is -0.377 e. The molecule has 0 aliphatic rings. The molecule has 33 heavy (non-hydrogen) atoms. The van der Waals surface area contributed by atoms with Crippen molar-refractivity contribution < 1.29 is 31.1 Å². The van der Waals surface area contributed by atoms with Gasteiger partial charge in [-0.1, -0.05) is 6.07 Å². The van der Waals surface area contributed by atoms with Crippen molar-refractivity contribution in [2.75, 3.05) is 12.5 Å². The Hall–Kier alpha value is -3.16. The largest absolute Gasteiger partial charge is 0.377 e. The molecule has 0 aliphatic carbocycles. The molecule has 1 amide bonds. The molecule has 1 aromatic carbocycles. The third-order valence-electron chi connectivity index (χ3n) is 4.84. The fourth-order valence-electron chi connectivity index (χ4n) is 3.24. The maximum atomic E-state index is 13.5. The van der Waals surface area contributed by atoms with E-state index >= 15 is 0 Å². The monoisotopic (exact) mass is 497 g/mol. The number of hydrogen-bond donors (Lipinski definition) is 3. The van der Waals surface area contributed by atoms with Crippen molar-refractivity contribution in [3.05, 3.63) is 69.4 Å². The van der Waals surface area contributed by atoms with Gasteiger partial charge in [0.05, 0.1) is 15.9 Å². The van der Waals surface area contributed by atoms with Crippen LogP contribution in [0.25, 0.3) is 11.0 Å². The van der Waals surface area contributed by atoms with E-state index in [1.807, 2.05) is 0 Å². The highest BCUT2D eigenvalue weighted by Crippen LogP contribution is 2.21. The van der Waals surface area contributed by atoms with Crippen LogP contribution in [0.1, 0.15) is 21.5 Å². The fraction of sp³-hybridized carbons (Fsp3) is 0.250. The van der Waals surface area contributed by atoms with Gasteiger partial charge in [-0.15, -0.1) is 0 Å². The normalized spacial score (nSPS) is 13.1. The van der Waals surface area contributed by atoms with Crippen LogP contribution in [0.15, 0.2) is 46.2 Å². The summed E-state index contributed by atoms with van der Waals surface area (Å²) in [6.07, 6.45) is 2.48. The molecule has 0 radical (unpaired) electrons. The van der Waals surface area contributed by atoms with Crippen molar-refractivity contribution in [2.45, 2.75) is 23.3 Å². The van der Waals surface area contributed by atoms with Crippen LogP contribution in [0.2, 0.25) is 0 Å². The number of nitrogens with one attached hydrogen (secondary N) is 2. The number of carbonyl (C=O) groups excluding carboxylic acids is 1. The summed E-state index contributed by atoms with van der Waals surface area (Å²) in [5.41, 5.74) is -2.90. The predicted molar refractivity (Wildman–Crippen MR) is 118 cm³/mol. The van der Waals surface area contributed by atoms with Gasteiger partial charge in [-0.25, -0.2) is 21.2 Å². The second-order valence-corrected chi connectivity index (χ2v) is 11.6. The fourth-order valence-corrected chi connectivity index (χ4v) is 4.65. The van der Waals surface area contributed by atoms with Crippen LogP contribution in [-0.4, -0.2) is 55.8 Å². The van der Waals surface area contributed by atoms with Gasteiger partial charge in [0.2, 0.25) is 0 Å². The van der Waals surface area contributed by atoms with Crippen molar-refractivity contribution in [2.24, 2.45) is 0 Å². The number of carbonyl (C=O) groups is 1. The number of amides is 1. The molecule has 3 rings (SSSR count). The molecular weight excluding hydrogens is 477 g/mol. The predicted octanol–water partition coefficient (Wildman–Crippen LogP) is 0.301. The van der Waals surface area contributed by atoms with E-state index in [0.29, 0.717) is 0 Å². The molecule has 3 aromatic rings. The zero-order valence-electron chi connectivity index (χ0n) is 17.5. The summed E-state index contributed by atoms with van der Waals surface area (Å²) < 4.78 is 61.0. The zero-order valence-corrected chi connectivity index (χ0v) is 19.1. The second kappa shape index (κ2) is 9.00. The number of benzene rings is 1. The lowest BCUT2D eigenvalue weighted by atomic mass is 10.0. The Balaban J connectivity index is 2.05. The Labute approximate surface area is 188 Å². The van der Waals surface area contributed by atoms with E-state index in [-0.39, 0.29) is 33.6 Å². The van der Waals surface area contributed by atoms with E-state index in [1.54, 1.807) is 0 Å². The van der Waals surface area contributed by atoms with E-state index in [4.69, 9.17) is 0 Å². The standard InChI is InChI=1S/C20H20FN3O7S2/c1-32(28,29)15-8-12(21)6-5-11(15)10-23-19(26)17-13(9-16(25)33(2,30)31)18-14(24-20(17)27)4-3-7-22-18/h3-8,16,25H,9-10H2,1-2H3,(H,23,26)(H,24,27). The summed E-state index contributed by atoms with van der Waals surface area (Å²) in [6.45, 7) is -0.366. The highest BCUT2D eigenvalue weighted by atomic mass is 32.2. The Morgan fingerprint density at radius 1 is 1.21 bits per heavy atom. The molecule has 0 fully saturated rings. The summed E-state index contributed by atoms with van der Waals surface area (Å²) >= 11 is 0. The first-order chi connectivity index (χ1) is 15.3. The molecule has 1 atom stereocenters. The van der Waals surface area contributed by atoms with Crippen LogP contribution in [0.3, 0.4) is 0 Å². The van der Waals surface area contributed by atoms with Gasteiger partial charge in [-0.2, -0.15) is 0 Å². The van der Waals surface area contributed by atoms with Crippen molar-refractivity contribution in [3.63, 3.8) is 0 Å². The maximum Gasteiger partial charge on any atom is 0.261 e. The Morgan fingerprint density at radius 2 is 1.91 bits per heavy atom. The summed E-state index contributed by atoms with van der Waals surface area (Å²) in [5.74, 6) is -1.73. The van der Waals surface area contributed by atoms with E-state index in [0.717, 1.165) is 24.6 Å². The van der Waals surface area contributed by atoms with Crippen LogP contribution in [0, 0.1) is 5.82 Å². The SMILES string of the molecule is CS(=O)(=O)c1cc(F)ccc1CNC(=O)c1c(CC(O)S(C)(=O)=O)c2ncccc2[nH]c1=O. The lowest BCUT2D eigenvalue weighted by molar-refractivity contribution is 0.0947. The lowest BCUT2D eigenvalue weighted by Crippen LogP contribution is -2.33. The molecule has 0 bridgehead atoms. The smallest absolute Gasteiger partial charge is 0.261 e. The quantitative estimate of drug-likeness (QED) is 0.420. The van der Waals surface area contributed by atoms with Gasteiger partial charge in [-0.3, -0.25) is 14.6 Å². The van der Waals surface area contributed by atoms with Crippen molar-refractivity contribution in [1.29, 1.82) is 0 Å². The number of aliphatic hydroxyl groups excluding tert-OH is 1. The molecule has 0 aliphatic heterocycles. The highest BCUT2D eigenvalue weighted by molar-refractivity contribution is 7.91. The van der Waals surface area contributed by atoms with Gasteiger partial charge in [-0.05, 0) is 29.8 Å². The van der Waals surface area contributed by atoms with Gasteiger partial charge in [0.25, 0.3) is 11.5 Å². The topological polar surface area (TPSA) is 163 Å². The maximum absolute atomic E-state index is 13.5. The molecule has 13 heteroatoms. The van der Waals surface area contributed by atoms with E-state index in [2.05, 4.69) is 15.3 Å². The number of fused-ring (bicyclic) bond motifs is 1. The number of pyridine rings is 2. The van der Waals surface area contributed by atoms with Crippen molar-refractivity contribution in [3.8, 4) is 0 Å². The number of aromatic amines is 1. The first-order valence-corrected chi connectivity index (χ1v) is 13.3. The van der Waals surface area contributed by atoms with E-state index in [9.17, 15) is 35.9 Å².